The average Bonchev–Trinajstić information content (AvgIpc) is 3.06. The monoisotopic (exact) mass is 334 g/mol. The minimum Gasteiger partial charge on any atom is -0.334 e. The van der Waals surface area contributed by atoms with Crippen molar-refractivity contribution in [2.24, 2.45) is 0 Å². The van der Waals surface area contributed by atoms with Crippen molar-refractivity contribution in [1.29, 1.82) is 0 Å². The second kappa shape index (κ2) is 6.67. The average molecular weight is 334 g/mol. The van der Waals surface area contributed by atoms with Gasteiger partial charge in [-0.1, -0.05) is 12.1 Å². The number of rotatable bonds is 3. The number of fused-ring (bicyclic) bond motifs is 1. The molecule has 3 aromatic rings. The lowest BCUT2D eigenvalue weighted by atomic mass is 9.99. The van der Waals surface area contributed by atoms with Crippen LogP contribution in [0.5, 0.6) is 0 Å². The zero-order valence-electron chi connectivity index (χ0n) is 14.4. The zero-order chi connectivity index (χ0) is 17.2. The van der Waals surface area contributed by atoms with Gasteiger partial charge in [0.15, 0.2) is 0 Å². The fraction of sp³-hybridized carbons (Fsp3) is 0.350. The number of likely N-dealkylation sites (tertiary alicyclic amines) is 1. The summed E-state index contributed by atoms with van der Waals surface area (Å²) < 4.78 is 1.95. The zero-order valence-corrected chi connectivity index (χ0v) is 14.4. The van der Waals surface area contributed by atoms with Crippen LogP contribution in [-0.2, 0) is 6.54 Å². The molecule has 1 saturated heterocycles. The van der Waals surface area contributed by atoms with Gasteiger partial charge >= 0.3 is 0 Å². The molecule has 1 aromatic carbocycles. The molecule has 0 saturated carbocycles. The number of pyridine rings is 1. The Morgan fingerprint density at radius 2 is 2.16 bits per heavy atom. The Hall–Kier alpha value is -2.69. The van der Waals surface area contributed by atoms with Gasteiger partial charge in [0.05, 0.1) is 24.3 Å². The number of amides is 1. The van der Waals surface area contributed by atoms with Crippen LogP contribution in [0.3, 0.4) is 0 Å². The molecule has 0 radical (unpaired) electrons. The maximum atomic E-state index is 13.3. The van der Waals surface area contributed by atoms with E-state index in [9.17, 15) is 4.79 Å². The fourth-order valence-electron chi connectivity index (χ4n) is 3.69. The standard InChI is InChI=1S/C20H22N4O/c1-15-12-22-23(13-15)14-16-6-2-3-11-24(16)20(25)18-7-4-9-19-17(18)8-5-10-21-19/h4-5,7-10,12-13,16H,2-3,6,11,14H2,1H3. The Labute approximate surface area is 147 Å². The Morgan fingerprint density at radius 3 is 3.00 bits per heavy atom. The summed E-state index contributed by atoms with van der Waals surface area (Å²) in [6, 6.07) is 9.83. The number of carbonyl (C=O) groups is 1. The molecule has 0 N–H and O–H groups in total. The molecule has 1 unspecified atom stereocenters. The SMILES string of the molecule is Cc1cnn(CC2CCCCN2C(=O)c2cccc3ncccc23)c1. The number of hydrogen-bond acceptors (Lipinski definition) is 3. The van der Waals surface area contributed by atoms with Crippen molar-refractivity contribution in [3.8, 4) is 0 Å². The molecule has 4 rings (SSSR count). The van der Waals surface area contributed by atoms with Crippen molar-refractivity contribution in [3.05, 3.63) is 60.0 Å². The lowest BCUT2D eigenvalue weighted by Crippen LogP contribution is -2.46. The highest BCUT2D eigenvalue weighted by Gasteiger charge is 2.28. The maximum absolute atomic E-state index is 13.3. The van der Waals surface area contributed by atoms with Crippen LogP contribution in [0.2, 0.25) is 0 Å². The summed E-state index contributed by atoms with van der Waals surface area (Å²) >= 11 is 0. The Morgan fingerprint density at radius 1 is 1.24 bits per heavy atom. The fourth-order valence-corrected chi connectivity index (χ4v) is 3.69. The van der Waals surface area contributed by atoms with Gasteiger partial charge in [0, 0.05) is 29.9 Å². The minimum atomic E-state index is 0.104. The summed E-state index contributed by atoms with van der Waals surface area (Å²) in [6.07, 6.45) is 8.91. The molecule has 1 aliphatic heterocycles. The van der Waals surface area contributed by atoms with Crippen molar-refractivity contribution < 1.29 is 4.79 Å². The number of hydrogen-bond donors (Lipinski definition) is 0. The maximum Gasteiger partial charge on any atom is 0.254 e. The van der Waals surface area contributed by atoms with Gasteiger partial charge in [-0.2, -0.15) is 5.10 Å². The summed E-state index contributed by atoms with van der Waals surface area (Å²) in [6.45, 7) is 3.60. The molecule has 5 heteroatoms. The molecule has 0 bridgehead atoms. The van der Waals surface area contributed by atoms with E-state index in [4.69, 9.17) is 0 Å². The van der Waals surface area contributed by atoms with E-state index in [-0.39, 0.29) is 11.9 Å². The van der Waals surface area contributed by atoms with Crippen LogP contribution in [0, 0.1) is 6.92 Å². The van der Waals surface area contributed by atoms with Crippen LogP contribution < -0.4 is 0 Å². The summed E-state index contributed by atoms with van der Waals surface area (Å²) in [5.74, 6) is 0.104. The topological polar surface area (TPSA) is 51.0 Å². The van der Waals surface area contributed by atoms with Crippen molar-refractivity contribution in [1.82, 2.24) is 19.7 Å². The van der Waals surface area contributed by atoms with Gasteiger partial charge in [0.1, 0.15) is 0 Å². The first-order valence-electron chi connectivity index (χ1n) is 8.86. The first-order chi connectivity index (χ1) is 12.2. The predicted molar refractivity (Wildman–Crippen MR) is 97.4 cm³/mol. The molecule has 3 heterocycles. The molecule has 1 aliphatic rings. The third-order valence-corrected chi connectivity index (χ3v) is 4.92. The summed E-state index contributed by atoms with van der Waals surface area (Å²) in [7, 11) is 0. The largest absolute Gasteiger partial charge is 0.334 e. The normalized spacial score (nSPS) is 17.8. The van der Waals surface area contributed by atoms with Crippen LogP contribution in [-0.4, -0.2) is 38.2 Å². The molecule has 25 heavy (non-hydrogen) atoms. The van der Waals surface area contributed by atoms with Gasteiger partial charge in [-0.15, -0.1) is 0 Å². The Bertz CT molecular complexity index is 896. The summed E-state index contributed by atoms with van der Waals surface area (Å²) in [4.78, 5) is 19.7. The highest BCUT2D eigenvalue weighted by molar-refractivity contribution is 6.06. The molecule has 0 aliphatic carbocycles. The third-order valence-electron chi connectivity index (χ3n) is 4.92. The first-order valence-corrected chi connectivity index (χ1v) is 8.86. The molecule has 0 spiro atoms. The Balaban J connectivity index is 1.64. The molecule has 2 aromatic heterocycles. The molecular weight excluding hydrogens is 312 g/mol. The molecule has 1 fully saturated rings. The molecule has 1 amide bonds. The van der Waals surface area contributed by atoms with Gasteiger partial charge < -0.3 is 4.90 Å². The van der Waals surface area contributed by atoms with Gasteiger partial charge in [-0.05, 0) is 49.9 Å². The molecule has 128 valence electrons. The summed E-state index contributed by atoms with van der Waals surface area (Å²) in [5, 5.41) is 5.32. The van der Waals surface area contributed by atoms with E-state index in [1.54, 1.807) is 6.20 Å². The number of aromatic nitrogens is 3. The van der Waals surface area contributed by atoms with Crippen LogP contribution in [0.4, 0.5) is 0 Å². The highest BCUT2D eigenvalue weighted by Crippen LogP contribution is 2.24. The lowest BCUT2D eigenvalue weighted by Gasteiger charge is -2.36. The van der Waals surface area contributed by atoms with Crippen LogP contribution in [0.1, 0.15) is 35.2 Å². The minimum absolute atomic E-state index is 0.104. The van der Waals surface area contributed by atoms with E-state index in [0.717, 1.165) is 54.4 Å². The number of carbonyl (C=O) groups excluding carboxylic acids is 1. The third kappa shape index (κ3) is 3.14. The van der Waals surface area contributed by atoms with Gasteiger partial charge in [-0.25, -0.2) is 0 Å². The smallest absolute Gasteiger partial charge is 0.254 e. The molecule has 5 nitrogen and oxygen atoms in total. The van der Waals surface area contributed by atoms with Gasteiger partial charge in [-0.3, -0.25) is 14.5 Å². The van der Waals surface area contributed by atoms with E-state index >= 15 is 0 Å². The van der Waals surface area contributed by atoms with Crippen LogP contribution in [0.25, 0.3) is 10.9 Å². The van der Waals surface area contributed by atoms with Gasteiger partial charge in [0.25, 0.3) is 5.91 Å². The van der Waals surface area contributed by atoms with E-state index in [1.165, 1.54) is 0 Å². The van der Waals surface area contributed by atoms with Crippen molar-refractivity contribution >= 4 is 16.8 Å². The number of aryl methyl sites for hydroxylation is 1. The predicted octanol–water partition coefficient (Wildman–Crippen LogP) is 3.43. The number of benzene rings is 1. The Kier molecular flexibility index (Phi) is 4.22. The van der Waals surface area contributed by atoms with E-state index in [0.29, 0.717) is 0 Å². The summed E-state index contributed by atoms with van der Waals surface area (Å²) in [5.41, 5.74) is 2.76. The number of piperidine rings is 1. The molecular formula is C20H22N4O. The van der Waals surface area contributed by atoms with E-state index < -0.39 is 0 Å². The quantitative estimate of drug-likeness (QED) is 0.737. The van der Waals surface area contributed by atoms with Gasteiger partial charge in [0.2, 0.25) is 0 Å². The van der Waals surface area contributed by atoms with E-state index in [2.05, 4.69) is 10.1 Å². The van der Waals surface area contributed by atoms with Crippen molar-refractivity contribution in [2.75, 3.05) is 6.54 Å². The highest BCUT2D eigenvalue weighted by atomic mass is 16.2. The number of nitrogens with zero attached hydrogens (tertiary/aromatic N) is 4. The van der Waals surface area contributed by atoms with Crippen LogP contribution >= 0.6 is 0 Å². The molecule has 1 atom stereocenters. The lowest BCUT2D eigenvalue weighted by molar-refractivity contribution is 0.0586. The second-order valence-corrected chi connectivity index (χ2v) is 6.76. The van der Waals surface area contributed by atoms with Crippen molar-refractivity contribution in [2.45, 2.75) is 38.8 Å². The first kappa shape index (κ1) is 15.8. The second-order valence-electron chi connectivity index (χ2n) is 6.76. The van der Waals surface area contributed by atoms with Crippen LogP contribution in [0.15, 0.2) is 48.9 Å². The van der Waals surface area contributed by atoms with Crippen molar-refractivity contribution in [3.63, 3.8) is 0 Å². The van der Waals surface area contributed by atoms with E-state index in [1.807, 2.05) is 59.2 Å².